The molecule has 4 heteroatoms. The maximum atomic E-state index is 12.7. The Morgan fingerprint density at radius 3 is 2.68 bits per heavy atom. The van der Waals surface area contributed by atoms with Crippen molar-refractivity contribution < 1.29 is 4.79 Å². The lowest BCUT2D eigenvalue weighted by atomic mass is 10.2. The van der Waals surface area contributed by atoms with Crippen LogP contribution < -0.4 is 5.32 Å². The number of aromatic nitrogens is 1. The van der Waals surface area contributed by atoms with Gasteiger partial charge >= 0.3 is 0 Å². The van der Waals surface area contributed by atoms with Gasteiger partial charge in [0.15, 0.2) is 0 Å². The highest BCUT2D eigenvalue weighted by molar-refractivity contribution is 5.79. The van der Waals surface area contributed by atoms with Crippen molar-refractivity contribution in [2.45, 2.75) is 58.3 Å². The molecule has 1 aromatic carbocycles. The summed E-state index contributed by atoms with van der Waals surface area (Å²) in [5.41, 5.74) is 2.48. The molecule has 2 aromatic rings. The van der Waals surface area contributed by atoms with E-state index in [1.54, 1.807) is 0 Å². The maximum Gasteiger partial charge on any atom is 0.237 e. The minimum Gasteiger partial charge on any atom is -0.345 e. The van der Waals surface area contributed by atoms with Gasteiger partial charge in [0.1, 0.15) is 0 Å². The number of rotatable bonds is 9. The summed E-state index contributed by atoms with van der Waals surface area (Å²) >= 11 is 0. The summed E-state index contributed by atoms with van der Waals surface area (Å²) in [6.45, 7) is 6.24. The number of benzene rings is 1. The molecule has 1 amide bonds. The Balaban J connectivity index is 1.65. The first-order chi connectivity index (χ1) is 12.2. The van der Waals surface area contributed by atoms with Crippen LogP contribution in [0.2, 0.25) is 0 Å². The van der Waals surface area contributed by atoms with E-state index in [9.17, 15) is 4.79 Å². The van der Waals surface area contributed by atoms with Crippen molar-refractivity contribution >= 4 is 5.91 Å². The normalized spacial score (nSPS) is 15.1. The van der Waals surface area contributed by atoms with E-state index in [1.165, 1.54) is 11.3 Å². The fourth-order valence-corrected chi connectivity index (χ4v) is 3.02. The molecule has 1 aliphatic rings. The molecule has 1 N–H and O–H groups in total. The summed E-state index contributed by atoms with van der Waals surface area (Å²) in [5, 5.41) is 3.33. The molecule has 134 valence electrons. The summed E-state index contributed by atoms with van der Waals surface area (Å²) in [6, 6.07) is 15.5. The van der Waals surface area contributed by atoms with Gasteiger partial charge in [-0.3, -0.25) is 4.79 Å². The number of hydrogen-bond acceptors (Lipinski definition) is 2. The van der Waals surface area contributed by atoms with Gasteiger partial charge in [0.25, 0.3) is 0 Å². The average molecular weight is 339 g/mol. The van der Waals surface area contributed by atoms with E-state index in [0.29, 0.717) is 25.2 Å². The zero-order chi connectivity index (χ0) is 17.6. The molecule has 0 spiro atoms. The van der Waals surface area contributed by atoms with Crippen LogP contribution in [0.4, 0.5) is 0 Å². The second kappa shape index (κ2) is 8.34. The highest BCUT2D eigenvalue weighted by atomic mass is 16.2. The highest BCUT2D eigenvalue weighted by Crippen LogP contribution is 2.28. The van der Waals surface area contributed by atoms with Crippen molar-refractivity contribution in [3.05, 3.63) is 59.9 Å². The summed E-state index contributed by atoms with van der Waals surface area (Å²) in [4.78, 5) is 14.8. The van der Waals surface area contributed by atoms with Crippen molar-refractivity contribution in [3.63, 3.8) is 0 Å². The SMILES string of the molecule is CCC(C)NCC(=O)N(Cc1cccn1Cc1ccccc1)C1CC1. The smallest absolute Gasteiger partial charge is 0.237 e. The van der Waals surface area contributed by atoms with Gasteiger partial charge in [-0.1, -0.05) is 37.3 Å². The van der Waals surface area contributed by atoms with Crippen LogP contribution in [0, 0.1) is 0 Å². The number of amides is 1. The van der Waals surface area contributed by atoms with Gasteiger partial charge in [-0.25, -0.2) is 0 Å². The van der Waals surface area contributed by atoms with E-state index in [-0.39, 0.29) is 5.91 Å². The molecule has 0 aliphatic heterocycles. The van der Waals surface area contributed by atoms with Gasteiger partial charge in [-0.2, -0.15) is 0 Å². The molecule has 25 heavy (non-hydrogen) atoms. The predicted octanol–water partition coefficient (Wildman–Crippen LogP) is 3.42. The number of hydrogen-bond donors (Lipinski definition) is 1. The van der Waals surface area contributed by atoms with Crippen molar-refractivity contribution in [3.8, 4) is 0 Å². The van der Waals surface area contributed by atoms with E-state index >= 15 is 0 Å². The van der Waals surface area contributed by atoms with Crippen molar-refractivity contribution in [2.75, 3.05) is 6.54 Å². The first-order valence-electron chi connectivity index (χ1n) is 9.38. The van der Waals surface area contributed by atoms with Gasteiger partial charge in [0.05, 0.1) is 13.1 Å². The molecule has 0 saturated heterocycles. The lowest BCUT2D eigenvalue weighted by molar-refractivity contribution is -0.131. The summed E-state index contributed by atoms with van der Waals surface area (Å²) in [5.74, 6) is 0.218. The van der Waals surface area contributed by atoms with E-state index in [0.717, 1.165) is 25.8 Å². The van der Waals surface area contributed by atoms with Crippen LogP contribution in [-0.2, 0) is 17.9 Å². The molecule has 1 atom stereocenters. The summed E-state index contributed by atoms with van der Waals surface area (Å²) in [6.07, 6.45) is 5.41. The second-order valence-corrected chi connectivity index (χ2v) is 7.06. The Hall–Kier alpha value is -2.07. The fourth-order valence-electron chi connectivity index (χ4n) is 3.02. The molecule has 1 unspecified atom stereocenters. The molecular weight excluding hydrogens is 310 g/mol. The number of carbonyl (C=O) groups excluding carboxylic acids is 1. The molecule has 1 aliphatic carbocycles. The van der Waals surface area contributed by atoms with Crippen LogP contribution in [0.15, 0.2) is 48.7 Å². The first-order valence-corrected chi connectivity index (χ1v) is 9.38. The minimum atomic E-state index is 0.218. The lowest BCUT2D eigenvalue weighted by Crippen LogP contribution is -2.41. The molecular formula is C21H29N3O. The van der Waals surface area contributed by atoms with E-state index < -0.39 is 0 Å². The third kappa shape index (κ3) is 4.95. The van der Waals surface area contributed by atoms with Gasteiger partial charge in [-0.15, -0.1) is 0 Å². The third-order valence-electron chi connectivity index (χ3n) is 4.97. The Labute approximate surface area is 150 Å². The number of carbonyl (C=O) groups is 1. The first kappa shape index (κ1) is 17.7. The highest BCUT2D eigenvalue weighted by Gasteiger charge is 2.32. The van der Waals surface area contributed by atoms with Crippen LogP contribution in [0.25, 0.3) is 0 Å². The van der Waals surface area contributed by atoms with E-state index in [4.69, 9.17) is 0 Å². The van der Waals surface area contributed by atoms with Gasteiger partial charge in [0.2, 0.25) is 5.91 Å². The van der Waals surface area contributed by atoms with Crippen LogP contribution in [-0.4, -0.2) is 34.0 Å². The second-order valence-electron chi connectivity index (χ2n) is 7.06. The Kier molecular flexibility index (Phi) is 5.92. The molecule has 3 rings (SSSR count). The Morgan fingerprint density at radius 1 is 1.24 bits per heavy atom. The zero-order valence-corrected chi connectivity index (χ0v) is 15.3. The zero-order valence-electron chi connectivity index (χ0n) is 15.3. The van der Waals surface area contributed by atoms with Crippen molar-refractivity contribution in [1.82, 2.24) is 14.8 Å². The lowest BCUT2D eigenvalue weighted by Gasteiger charge is -2.24. The van der Waals surface area contributed by atoms with E-state index in [1.807, 2.05) is 6.07 Å². The Bertz CT molecular complexity index is 675. The maximum absolute atomic E-state index is 12.7. The van der Waals surface area contributed by atoms with Crippen molar-refractivity contribution in [1.29, 1.82) is 0 Å². The molecule has 1 saturated carbocycles. The van der Waals surface area contributed by atoms with Gasteiger partial charge in [0, 0.05) is 30.5 Å². The van der Waals surface area contributed by atoms with E-state index in [2.05, 4.69) is 71.2 Å². The predicted molar refractivity (Wildman–Crippen MR) is 101 cm³/mol. The monoisotopic (exact) mass is 339 g/mol. The minimum absolute atomic E-state index is 0.218. The standard InChI is InChI=1S/C21H29N3O/c1-3-17(2)22-14-21(25)24(19-11-12-19)16-20-10-7-13-23(20)15-18-8-5-4-6-9-18/h4-10,13,17,19,22H,3,11-12,14-16H2,1-2H3. The summed E-state index contributed by atoms with van der Waals surface area (Å²) in [7, 11) is 0. The van der Waals surface area contributed by atoms with Crippen LogP contribution in [0.1, 0.15) is 44.4 Å². The Morgan fingerprint density at radius 2 is 2.00 bits per heavy atom. The average Bonchev–Trinajstić information content (AvgIpc) is 3.39. The molecule has 4 nitrogen and oxygen atoms in total. The largest absolute Gasteiger partial charge is 0.345 e. The topological polar surface area (TPSA) is 37.3 Å². The molecule has 1 aromatic heterocycles. The molecule has 0 radical (unpaired) electrons. The molecule has 1 heterocycles. The molecule has 1 fully saturated rings. The van der Waals surface area contributed by atoms with Crippen LogP contribution in [0.3, 0.4) is 0 Å². The summed E-state index contributed by atoms with van der Waals surface area (Å²) < 4.78 is 2.25. The third-order valence-corrected chi connectivity index (χ3v) is 4.97. The van der Waals surface area contributed by atoms with Gasteiger partial charge in [-0.05, 0) is 43.9 Å². The van der Waals surface area contributed by atoms with Crippen LogP contribution in [0.5, 0.6) is 0 Å². The number of nitrogens with zero attached hydrogens (tertiary/aromatic N) is 2. The molecule has 0 bridgehead atoms. The quantitative estimate of drug-likeness (QED) is 0.760. The fraction of sp³-hybridized carbons (Fsp3) is 0.476. The number of nitrogens with one attached hydrogen (secondary N) is 1. The van der Waals surface area contributed by atoms with Crippen LogP contribution >= 0.6 is 0 Å². The van der Waals surface area contributed by atoms with Crippen molar-refractivity contribution in [2.24, 2.45) is 0 Å². The van der Waals surface area contributed by atoms with Gasteiger partial charge < -0.3 is 14.8 Å².